The monoisotopic (exact) mass is 263 g/mol. The minimum Gasteiger partial charge on any atom is -0.370 e. The van der Waals surface area contributed by atoms with Crippen LogP contribution < -0.4 is 5.32 Å². The Morgan fingerprint density at radius 1 is 1.22 bits per heavy atom. The second-order valence-electron chi connectivity index (χ2n) is 3.72. The first-order valence-corrected chi connectivity index (χ1v) is 6.59. The average molecular weight is 263 g/mol. The van der Waals surface area contributed by atoms with Crippen molar-refractivity contribution in [2.45, 2.75) is 23.3 Å². The van der Waals surface area contributed by atoms with E-state index in [9.17, 15) is 4.39 Å². The van der Waals surface area contributed by atoms with Crippen LogP contribution in [0.15, 0.2) is 46.6 Å². The van der Waals surface area contributed by atoms with E-state index in [0.29, 0.717) is 0 Å². The molecule has 1 aromatic carbocycles. The maximum atomic E-state index is 12.8. The summed E-state index contributed by atoms with van der Waals surface area (Å²) in [7, 11) is 0. The molecule has 1 aromatic heterocycles. The Labute approximate surface area is 110 Å². The van der Waals surface area contributed by atoms with Crippen molar-refractivity contribution in [3.63, 3.8) is 0 Å². The number of nitrogens with zero attached hydrogens (tertiary/aromatic N) is 2. The number of halogens is 1. The molecule has 0 radical (unpaired) electrons. The van der Waals surface area contributed by atoms with Gasteiger partial charge in [-0.05, 0) is 30.7 Å². The number of rotatable bonds is 5. The summed E-state index contributed by atoms with van der Waals surface area (Å²) >= 11 is 1.49. The van der Waals surface area contributed by atoms with Gasteiger partial charge in [0.05, 0.1) is 0 Å². The van der Waals surface area contributed by atoms with Crippen LogP contribution in [0.3, 0.4) is 0 Å². The molecule has 0 spiro atoms. The van der Waals surface area contributed by atoms with Crippen LogP contribution in [0.1, 0.15) is 13.3 Å². The van der Waals surface area contributed by atoms with Crippen LogP contribution in [-0.4, -0.2) is 16.5 Å². The van der Waals surface area contributed by atoms with E-state index in [0.717, 1.165) is 28.7 Å². The molecule has 2 aromatic rings. The van der Waals surface area contributed by atoms with Crippen molar-refractivity contribution in [3.05, 3.63) is 42.5 Å². The zero-order chi connectivity index (χ0) is 12.8. The summed E-state index contributed by atoms with van der Waals surface area (Å²) in [6.07, 6.45) is 2.58. The fourth-order valence-electron chi connectivity index (χ4n) is 1.37. The molecule has 1 heterocycles. The molecule has 0 aliphatic heterocycles. The number of hydrogen-bond acceptors (Lipinski definition) is 4. The highest BCUT2D eigenvalue weighted by atomic mass is 32.2. The predicted octanol–water partition coefficient (Wildman–Crippen LogP) is 3.59. The molecular weight excluding hydrogens is 249 g/mol. The number of aromatic nitrogens is 2. The number of benzene rings is 1. The van der Waals surface area contributed by atoms with Gasteiger partial charge >= 0.3 is 0 Å². The van der Waals surface area contributed by atoms with Crippen LogP contribution in [0, 0.1) is 5.82 Å². The summed E-state index contributed by atoms with van der Waals surface area (Å²) in [4.78, 5) is 9.28. The first-order valence-electron chi connectivity index (χ1n) is 5.77. The topological polar surface area (TPSA) is 37.8 Å². The SMILES string of the molecule is CCCNc1cc(Sc2ccc(F)cc2)ncn1. The van der Waals surface area contributed by atoms with Crippen molar-refractivity contribution in [1.29, 1.82) is 0 Å². The fraction of sp³-hybridized carbons (Fsp3) is 0.231. The Bertz CT molecular complexity index is 502. The van der Waals surface area contributed by atoms with Gasteiger partial charge in [-0.25, -0.2) is 14.4 Å². The van der Waals surface area contributed by atoms with Crippen molar-refractivity contribution >= 4 is 17.6 Å². The van der Waals surface area contributed by atoms with Gasteiger partial charge in [0.2, 0.25) is 0 Å². The van der Waals surface area contributed by atoms with Crippen LogP contribution in [0.4, 0.5) is 10.2 Å². The molecule has 1 N–H and O–H groups in total. The summed E-state index contributed by atoms with van der Waals surface area (Å²) < 4.78 is 12.8. The zero-order valence-corrected chi connectivity index (χ0v) is 10.9. The molecule has 3 nitrogen and oxygen atoms in total. The lowest BCUT2D eigenvalue weighted by molar-refractivity contribution is 0.626. The van der Waals surface area contributed by atoms with Gasteiger partial charge in [-0.3, -0.25) is 0 Å². The molecule has 0 amide bonds. The third kappa shape index (κ3) is 3.70. The minimum absolute atomic E-state index is 0.229. The molecule has 0 saturated carbocycles. The molecule has 0 saturated heterocycles. The molecule has 0 unspecified atom stereocenters. The van der Waals surface area contributed by atoms with Gasteiger partial charge in [0.1, 0.15) is 23.0 Å². The fourth-order valence-corrected chi connectivity index (χ4v) is 2.15. The highest BCUT2D eigenvalue weighted by molar-refractivity contribution is 7.99. The maximum absolute atomic E-state index is 12.8. The zero-order valence-electron chi connectivity index (χ0n) is 10.1. The van der Waals surface area contributed by atoms with E-state index in [4.69, 9.17) is 0 Å². The predicted molar refractivity (Wildman–Crippen MR) is 71.3 cm³/mol. The normalized spacial score (nSPS) is 10.3. The third-order valence-corrected chi connectivity index (χ3v) is 3.17. The first-order chi connectivity index (χ1) is 8.78. The number of hydrogen-bond donors (Lipinski definition) is 1. The molecular formula is C13H14FN3S. The van der Waals surface area contributed by atoms with E-state index in [1.165, 1.54) is 30.2 Å². The van der Waals surface area contributed by atoms with Gasteiger partial charge in [0.25, 0.3) is 0 Å². The van der Waals surface area contributed by atoms with E-state index in [-0.39, 0.29) is 5.82 Å². The molecule has 94 valence electrons. The molecule has 0 bridgehead atoms. The van der Waals surface area contributed by atoms with Crippen LogP contribution in [0.5, 0.6) is 0 Å². The van der Waals surface area contributed by atoms with E-state index in [2.05, 4.69) is 22.2 Å². The van der Waals surface area contributed by atoms with Gasteiger partial charge in [0, 0.05) is 17.5 Å². The summed E-state index contributed by atoms with van der Waals surface area (Å²) in [5, 5.41) is 4.05. The molecule has 0 aliphatic rings. The quantitative estimate of drug-likeness (QED) is 0.837. The van der Waals surface area contributed by atoms with Crippen molar-refractivity contribution in [2.24, 2.45) is 0 Å². The highest BCUT2D eigenvalue weighted by Crippen LogP contribution is 2.26. The minimum atomic E-state index is -0.229. The Morgan fingerprint density at radius 3 is 2.72 bits per heavy atom. The largest absolute Gasteiger partial charge is 0.370 e. The Balaban J connectivity index is 2.06. The van der Waals surface area contributed by atoms with Gasteiger partial charge in [-0.1, -0.05) is 18.7 Å². The van der Waals surface area contributed by atoms with Crippen molar-refractivity contribution in [2.75, 3.05) is 11.9 Å². The molecule has 2 rings (SSSR count). The second-order valence-corrected chi connectivity index (χ2v) is 4.82. The van der Waals surface area contributed by atoms with Crippen LogP contribution in [0.2, 0.25) is 0 Å². The smallest absolute Gasteiger partial charge is 0.130 e. The van der Waals surface area contributed by atoms with Gasteiger partial charge in [-0.15, -0.1) is 0 Å². The molecule has 0 aliphatic carbocycles. The summed E-state index contributed by atoms with van der Waals surface area (Å²) in [5.41, 5.74) is 0. The van der Waals surface area contributed by atoms with Crippen LogP contribution in [0.25, 0.3) is 0 Å². The van der Waals surface area contributed by atoms with E-state index in [1.54, 1.807) is 12.1 Å². The van der Waals surface area contributed by atoms with Gasteiger partial charge in [0.15, 0.2) is 0 Å². The Hall–Kier alpha value is -1.62. The lowest BCUT2D eigenvalue weighted by Gasteiger charge is -2.05. The molecule has 18 heavy (non-hydrogen) atoms. The molecule has 0 atom stereocenters. The van der Waals surface area contributed by atoms with Crippen LogP contribution in [-0.2, 0) is 0 Å². The average Bonchev–Trinajstić information content (AvgIpc) is 2.40. The highest BCUT2D eigenvalue weighted by Gasteiger charge is 2.01. The van der Waals surface area contributed by atoms with Gasteiger partial charge < -0.3 is 5.32 Å². The second kappa shape index (κ2) is 6.35. The van der Waals surface area contributed by atoms with Gasteiger partial charge in [-0.2, -0.15) is 0 Å². The first kappa shape index (κ1) is 12.8. The van der Waals surface area contributed by atoms with Crippen molar-refractivity contribution in [3.8, 4) is 0 Å². The van der Waals surface area contributed by atoms with E-state index < -0.39 is 0 Å². The van der Waals surface area contributed by atoms with Crippen molar-refractivity contribution in [1.82, 2.24) is 9.97 Å². The van der Waals surface area contributed by atoms with Crippen LogP contribution >= 0.6 is 11.8 Å². The Kier molecular flexibility index (Phi) is 4.52. The lowest BCUT2D eigenvalue weighted by Crippen LogP contribution is -2.02. The summed E-state index contributed by atoms with van der Waals surface area (Å²) in [6.45, 7) is 2.99. The molecule has 5 heteroatoms. The number of anilines is 1. The lowest BCUT2D eigenvalue weighted by atomic mass is 10.4. The standard InChI is InChI=1S/C13H14FN3S/c1-2-7-15-12-8-13(17-9-16-12)18-11-5-3-10(14)4-6-11/h3-6,8-9H,2,7H2,1H3,(H,15,16,17). The third-order valence-electron chi connectivity index (χ3n) is 2.23. The maximum Gasteiger partial charge on any atom is 0.130 e. The van der Waals surface area contributed by atoms with E-state index >= 15 is 0 Å². The summed E-state index contributed by atoms with van der Waals surface area (Å²) in [5.74, 6) is 0.587. The molecule has 0 fully saturated rings. The summed E-state index contributed by atoms with van der Waals surface area (Å²) in [6, 6.07) is 8.26. The van der Waals surface area contributed by atoms with E-state index in [1.807, 2.05) is 6.07 Å². The number of nitrogens with one attached hydrogen (secondary N) is 1. The van der Waals surface area contributed by atoms with Crippen molar-refractivity contribution < 1.29 is 4.39 Å². The Morgan fingerprint density at radius 2 is 2.00 bits per heavy atom.